The molecule has 118 valence electrons. The standard InChI is InChI=1S/C14H21F2N3O2/c1-8(2)7-21-13(20)17-12-9(3)11(18-19(12)4)10-5-14(15,16)6-10/h8,10H,5-7H2,1-4H3,(H,17,20). The van der Waals surface area contributed by atoms with Gasteiger partial charge in [0.05, 0.1) is 12.3 Å². The van der Waals surface area contributed by atoms with Gasteiger partial charge in [-0.15, -0.1) is 0 Å². The lowest BCUT2D eigenvalue weighted by molar-refractivity contribution is -0.0877. The lowest BCUT2D eigenvalue weighted by atomic mass is 9.78. The van der Waals surface area contributed by atoms with Gasteiger partial charge >= 0.3 is 6.09 Å². The molecule has 0 bridgehead atoms. The first-order chi connectivity index (χ1) is 9.69. The Balaban J connectivity index is 2.04. The van der Waals surface area contributed by atoms with Crippen molar-refractivity contribution in [1.82, 2.24) is 9.78 Å². The molecule has 0 spiro atoms. The highest BCUT2D eigenvalue weighted by atomic mass is 19.3. The first-order valence-electron chi connectivity index (χ1n) is 7.04. The van der Waals surface area contributed by atoms with E-state index in [0.717, 1.165) is 5.56 Å². The Morgan fingerprint density at radius 2 is 2.14 bits per heavy atom. The van der Waals surface area contributed by atoms with E-state index in [1.165, 1.54) is 4.68 Å². The SMILES string of the molecule is Cc1c(C2CC(F)(F)C2)nn(C)c1NC(=O)OCC(C)C. The Kier molecular flexibility index (Phi) is 4.20. The summed E-state index contributed by atoms with van der Waals surface area (Å²) in [5.74, 6) is -2.09. The maximum atomic E-state index is 13.0. The predicted molar refractivity (Wildman–Crippen MR) is 74.7 cm³/mol. The summed E-state index contributed by atoms with van der Waals surface area (Å²) in [6.07, 6.45) is -0.912. The summed E-state index contributed by atoms with van der Waals surface area (Å²) in [5, 5.41) is 6.89. The predicted octanol–water partition coefficient (Wildman–Crippen LogP) is 3.45. The highest BCUT2D eigenvalue weighted by molar-refractivity contribution is 5.84. The Bertz CT molecular complexity index is 533. The van der Waals surface area contributed by atoms with Crippen molar-refractivity contribution in [3.8, 4) is 0 Å². The van der Waals surface area contributed by atoms with Crippen LogP contribution < -0.4 is 5.32 Å². The molecule has 2 rings (SSSR count). The molecule has 1 aliphatic carbocycles. The van der Waals surface area contributed by atoms with E-state index in [1.54, 1.807) is 14.0 Å². The summed E-state index contributed by atoms with van der Waals surface area (Å²) >= 11 is 0. The average molecular weight is 301 g/mol. The number of nitrogens with zero attached hydrogens (tertiary/aromatic N) is 2. The molecular formula is C14H21F2N3O2. The number of aromatic nitrogens is 2. The third kappa shape index (κ3) is 3.51. The van der Waals surface area contributed by atoms with Crippen LogP contribution in [0.3, 0.4) is 0 Å². The molecule has 1 amide bonds. The number of ether oxygens (including phenoxy) is 1. The highest BCUT2D eigenvalue weighted by Crippen LogP contribution is 2.49. The fraction of sp³-hybridized carbons (Fsp3) is 0.714. The maximum absolute atomic E-state index is 13.0. The first kappa shape index (κ1) is 15.7. The normalized spacial score (nSPS) is 17.7. The number of carbonyl (C=O) groups is 1. The molecule has 1 saturated carbocycles. The van der Waals surface area contributed by atoms with Crippen molar-refractivity contribution >= 4 is 11.9 Å². The van der Waals surface area contributed by atoms with Crippen LogP contribution in [-0.2, 0) is 11.8 Å². The number of alkyl halides is 2. The molecule has 5 nitrogen and oxygen atoms in total. The summed E-state index contributed by atoms with van der Waals surface area (Å²) in [6, 6.07) is 0. The first-order valence-corrected chi connectivity index (χ1v) is 7.04. The quantitative estimate of drug-likeness (QED) is 0.926. The van der Waals surface area contributed by atoms with Crippen molar-refractivity contribution in [2.24, 2.45) is 13.0 Å². The van der Waals surface area contributed by atoms with Crippen LogP contribution in [0.15, 0.2) is 0 Å². The van der Waals surface area contributed by atoms with Crippen molar-refractivity contribution < 1.29 is 18.3 Å². The van der Waals surface area contributed by atoms with Crippen molar-refractivity contribution in [1.29, 1.82) is 0 Å². The van der Waals surface area contributed by atoms with Gasteiger partial charge in [0.2, 0.25) is 5.92 Å². The Hall–Kier alpha value is -1.66. The van der Waals surface area contributed by atoms with Crippen LogP contribution in [0.25, 0.3) is 0 Å². The monoisotopic (exact) mass is 301 g/mol. The third-order valence-electron chi connectivity index (χ3n) is 3.57. The Labute approximate surface area is 122 Å². The number of halogens is 2. The molecule has 1 heterocycles. The molecule has 21 heavy (non-hydrogen) atoms. The van der Waals surface area contributed by atoms with E-state index in [2.05, 4.69) is 10.4 Å². The average Bonchev–Trinajstić information content (AvgIpc) is 2.61. The van der Waals surface area contributed by atoms with Gasteiger partial charge in [-0.25, -0.2) is 13.6 Å². The fourth-order valence-corrected chi connectivity index (χ4v) is 2.44. The van der Waals surface area contributed by atoms with E-state index in [0.29, 0.717) is 18.1 Å². The van der Waals surface area contributed by atoms with Crippen LogP contribution in [-0.4, -0.2) is 28.4 Å². The molecular weight excluding hydrogens is 280 g/mol. The topological polar surface area (TPSA) is 56.2 Å². The molecule has 7 heteroatoms. The van der Waals surface area contributed by atoms with Crippen molar-refractivity contribution in [3.05, 3.63) is 11.3 Å². The molecule has 0 unspecified atom stereocenters. The minimum absolute atomic E-state index is 0.178. The fourth-order valence-electron chi connectivity index (χ4n) is 2.44. The van der Waals surface area contributed by atoms with Gasteiger partial charge in [-0.2, -0.15) is 5.10 Å². The van der Waals surface area contributed by atoms with Gasteiger partial charge in [0.25, 0.3) is 0 Å². The van der Waals surface area contributed by atoms with Crippen LogP contribution >= 0.6 is 0 Å². The summed E-state index contributed by atoms with van der Waals surface area (Å²) < 4.78 is 32.5. The number of hydrogen-bond donors (Lipinski definition) is 1. The molecule has 1 aromatic rings. The summed E-state index contributed by atoms with van der Waals surface area (Å²) in [7, 11) is 1.67. The second kappa shape index (κ2) is 5.61. The number of aryl methyl sites for hydroxylation is 1. The number of rotatable bonds is 4. The van der Waals surface area contributed by atoms with Gasteiger partial charge in [0.1, 0.15) is 5.82 Å². The van der Waals surface area contributed by atoms with E-state index in [9.17, 15) is 13.6 Å². The van der Waals surface area contributed by atoms with Crippen molar-refractivity contribution in [2.75, 3.05) is 11.9 Å². The minimum Gasteiger partial charge on any atom is -0.449 e. The Morgan fingerprint density at radius 3 is 2.67 bits per heavy atom. The molecule has 0 atom stereocenters. The number of nitrogens with one attached hydrogen (secondary N) is 1. The second-order valence-electron chi connectivity index (χ2n) is 6.06. The van der Waals surface area contributed by atoms with E-state index in [4.69, 9.17) is 4.74 Å². The van der Waals surface area contributed by atoms with Gasteiger partial charge in [-0.05, 0) is 12.8 Å². The highest BCUT2D eigenvalue weighted by Gasteiger charge is 2.47. The van der Waals surface area contributed by atoms with E-state index >= 15 is 0 Å². The van der Waals surface area contributed by atoms with Gasteiger partial charge < -0.3 is 4.74 Å². The molecule has 1 aromatic heterocycles. The van der Waals surface area contributed by atoms with Gasteiger partial charge in [-0.3, -0.25) is 10.00 Å². The van der Waals surface area contributed by atoms with Gasteiger partial charge in [0, 0.05) is 31.4 Å². The zero-order valence-electron chi connectivity index (χ0n) is 12.7. The molecule has 0 radical (unpaired) electrons. The smallest absolute Gasteiger partial charge is 0.412 e. The van der Waals surface area contributed by atoms with Crippen LogP contribution in [0.4, 0.5) is 19.4 Å². The lowest BCUT2D eigenvalue weighted by Crippen LogP contribution is -2.34. The van der Waals surface area contributed by atoms with Crippen molar-refractivity contribution in [2.45, 2.75) is 45.5 Å². The number of anilines is 1. The summed E-state index contributed by atoms with van der Waals surface area (Å²) in [6.45, 7) is 5.98. The van der Waals surface area contributed by atoms with Crippen LogP contribution in [0.5, 0.6) is 0 Å². The van der Waals surface area contributed by atoms with Gasteiger partial charge in [0.15, 0.2) is 0 Å². The van der Waals surface area contributed by atoms with Crippen LogP contribution in [0.1, 0.15) is 43.9 Å². The summed E-state index contributed by atoms with van der Waals surface area (Å²) in [5.41, 5.74) is 1.35. The zero-order valence-corrected chi connectivity index (χ0v) is 12.7. The molecule has 0 saturated heterocycles. The maximum Gasteiger partial charge on any atom is 0.412 e. The van der Waals surface area contributed by atoms with Gasteiger partial charge in [-0.1, -0.05) is 13.8 Å². The molecule has 1 aliphatic rings. The van der Waals surface area contributed by atoms with Crippen LogP contribution in [0.2, 0.25) is 0 Å². The molecule has 1 fully saturated rings. The summed E-state index contributed by atoms with van der Waals surface area (Å²) in [4.78, 5) is 11.7. The third-order valence-corrected chi connectivity index (χ3v) is 3.57. The van der Waals surface area contributed by atoms with Crippen molar-refractivity contribution in [3.63, 3.8) is 0 Å². The second-order valence-corrected chi connectivity index (χ2v) is 6.06. The van der Waals surface area contributed by atoms with E-state index < -0.39 is 12.0 Å². The minimum atomic E-state index is -2.58. The number of hydrogen-bond acceptors (Lipinski definition) is 3. The zero-order chi connectivity index (χ0) is 15.8. The largest absolute Gasteiger partial charge is 0.449 e. The molecule has 0 aromatic carbocycles. The Morgan fingerprint density at radius 1 is 1.52 bits per heavy atom. The number of carbonyl (C=O) groups excluding carboxylic acids is 1. The molecule has 0 aliphatic heterocycles. The number of amides is 1. The molecule has 1 N–H and O–H groups in total. The van der Waals surface area contributed by atoms with E-state index in [1.807, 2.05) is 13.8 Å². The van der Waals surface area contributed by atoms with Crippen LogP contribution in [0, 0.1) is 12.8 Å². The van der Waals surface area contributed by atoms with E-state index in [-0.39, 0.29) is 24.7 Å². The lowest BCUT2D eigenvalue weighted by Gasteiger charge is -2.34.